The van der Waals surface area contributed by atoms with Gasteiger partial charge in [-0.25, -0.2) is 4.98 Å². The van der Waals surface area contributed by atoms with Crippen molar-refractivity contribution in [2.24, 2.45) is 0 Å². The van der Waals surface area contributed by atoms with Crippen LogP contribution >= 0.6 is 11.6 Å². The van der Waals surface area contributed by atoms with Crippen molar-refractivity contribution < 1.29 is 0 Å². The highest BCUT2D eigenvalue weighted by Gasteiger charge is 2.10. The number of nitrogens with zero attached hydrogens (tertiary/aromatic N) is 1. The van der Waals surface area contributed by atoms with Crippen LogP contribution < -0.4 is 0 Å². The fourth-order valence-electron chi connectivity index (χ4n) is 1.67. The van der Waals surface area contributed by atoms with E-state index in [2.05, 4.69) is 31.0 Å². The monoisotopic (exact) mass is 219 g/mol. The summed E-state index contributed by atoms with van der Waals surface area (Å²) in [5, 5.41) is 1.81. The van der Waals surface area contributed by atoms with Crippen LogP contribution in [0, 0.1) is 0 Å². The lowest BCUT2D eigenvalue weighted by Gasteiger charge is -2.11. The van der Waals surface area contributed by atoms with E-state index in [4.69, 9.17) is 11.6 Å². The summed E-state index contributed by atoms with van der Waals surface area (Å²) in [5.41, 5.74) is 2.12. The van der Waals surface area contributed by atoms with Crippen LogP contribution in [0.1, 0.15) is 31.7 Å². The number of halogens is 1. The molecule has 0 saturated heterocycles. The van der Waals surface area contributed by atoms with Crippen LogP contribution in [-0.2, 0) is 0 Å². The van der Waals surface area contributed by atoms with Gasteiger partial charge in [0.15, 0.2) is 0 Å². The van der Waals surface area contributed by atoms with Crippen molar-refractivity contribution in [2.75, 3.05) is 0 Å². The minimum Gasteiger partial charge on any atom is -0.236 e. The molecule has 15 heavy (non-hydrogen) atoms. The standard InChI is InChI=1S/C13H14ClN/c1-3-9(2)11-8-10-6-4-5-7-12(10)15-13(11)14/h4-9H,3H2,1-2H3/t9-/m0/s1. The molecule has 1 aromatic heterocycles. The Labute approximate surface area is 95.1 Å². The van der Waals surface area contributed by atoms with E-state index >= 15 is 0 Å². The normalized spacial score (nSPS) is 13.0. The summed E-state index contributed by atoms with van der Waals surface area (Å²) in [7, 11) is 0. The third-order valence-corrected chi connectivity index (χ3v) is 3.15. The molecule has 0 aliphatic heterocycles. The first-order valence-corrected chi connectivity index (χ1v) is 5.65. The molecule has 0 N–H and O–H groups in total. The summed E-state index contributed by atoms with van der Waals surface area (Å²) in [6.45, 7) is 4.34. The zero-order valence-electron chi connectivity index (χ0n) is 9.00. The molecule has 1 heterocycles. The second kappa shape index (κ2) is 4.19. The SMILES string of the molecule is CC[C@H](C)c1cc2ccccc2nc1Cl. The Balaban J connectivity index is 2.61. The van der Waals surface area contributed by atoms with E-state index in [1.165, 1.54) is 0 Å². The minimum absolute atomic E-state index is 0.467. The van der Waals surface area contributed by atoms with E-state index in [0.29, 0.717) is 11.1 Å². The third-order valence-electron chi connectivity index (χ3n) is 2.85. The molecule has 0 saturated carbocycles. The maximum absolute atomic E-state index is 6.17. The molecule has 1 atom stereocenters. The van der Waals surface area contributed by atoms with Crippen molar-refractivity contribution in [3.05, 3.63) is 41.0 Å². The number of pyridine rings is 1. The Hall–Kier alpha value is -1.08. The number of hydrogen-bond acceptors (Lipinski definition) is 1. The van der Waals surface area contributed by atoms with Crippen LogP contribution in [0.4, 0.5) is 0 Å². The van der Waals surface area contributed by atoms with Crippen LogP contribution in [0.25, 0.3) is 10.9 Å². The Kier molecular flexibility index (Phi) is 2.92. The predicted octanol–water partition coefficient (Wildman–Crippen LogP) is 4.40. The van der Waals surface area contributed by atoms with Gasteiger partial charge in [0.1, 0.15) is 5.15 Å². The van der Waals surface area contributed by atoms with Gasteiger partial charge in [0, 0.05) is 5.39 Å². The van der Waals surface area contributed by atoms with E-state index in [9.17, 15) is 0 Å². The third kappa shape index (κ3) is 1.98. The molecule has 0 aliphatic carbocycles. The van der Waals surface area contributed by atoms with Gasteiger partial charge in [-0.15, -0.1) is 0 Å². The van der Waals surface area contributed by atoms with Crippen molar-refractivity contribution in [1.82, 2.24) is 4.98 Å². The van der Waals surface area contributed by atoms with Crippen LogP contribution in [0.2, 0.25) is 5.15 Å². The number of para-hydroxylation sites is 1. The summed E-state index contributed by atoms with van der Waals surface area (Å²) in [6, 6.07) is 10.2. The highest BCUT2D eigenvalue weighted by molar-refractivity contribution is 6.30. The average molecular weight is 220 g/mol. The van der Waals surface area contributed by atoms with Gasteiger partial charge >= 0.3 is 0 Å². The number of hydrogen-bond donors (Lipinski definition) is 0. The van der Waals surface area contributed by atoms with Gasteiger partial charge in [0.05, 0.1) is 5.52 Å². The molecule has 0 aliphatic rings. The molecule has 1 aromatic carbocycles. The Morgan fingerprint density at radius 3 is 2.80 bits per heavy atom. The fourth-order valence-corrected chi connectivity index (χ4v) is 2.01. The summed E-state index contributed by atoms with van der Waals surface area (Å²) in [6.07, 6.45) is 1.08. The zero-order valence-corrected chi connectivity index (χ0v) is 9.75. The molecule has 0 spiro atoms. The Morgan fingerprint density at radius 1 is 1.33 bits per heavy atom. The topological polar surface area (TPSA) is 12.9 Å². The lowest BCUT2D eigenvalue weighted by molar-refractivity contribution is 0.732. The molecule has 78 valence electrons. The van der Waals surface area contributed by atoms with E-state index in [1.807, 2.05) is 18.2 Å². The van der Waals surface area contributed by atoms with Gasteiger partial charge in [-0.2, -0.15) is 0 Å². The van der Waals surface area contributed by atoms with Gasteiger partial charge in [-0.05, 0) is 30.0 Å². The molecular weight excluding hydrogens is 206 g/mol. The maximum Gasteiger partial charge on any atom is 0.133 e. The Morgan fingerprint density at radius 2 is 2.07 bits per heavy atom. The molecular formula is C13H14ClN. The molecule has 0 fully saturated rings. The number of aromatic nitrogens is 1. The minimum atomic E-state index is 0.467. The first kappa shape index (κ1) is 10.4. The van der Waals surface area contributed by atoms with Crippen LogP contribution in [0.5, 0.6) is 0 Å². The van der Waals surface area contributed by atoms with Crippen molar-refractivity contribution in [2.45, 2.75) is 26.2 Å². The van der Waals surface area contributed by atoms with Gasteiger partial charge in [-0.3, -0.25) is 0 Å². The lowest BCUT2D eigenvalue weighted by atomic mass is 9.99. The molecule has 2 aromatic rings. The highest BCUT2D eigenvalue weighted by atomic mass is 35.5. The van der Waals surface area contributed by atoms with Crippen molar-refractivity contribution in [3.63, 3.8) is 0 Å². The van der Waals surface area contributed by atoms with Gasteiger partial charge in [0.2, 0.25) is 0 Å². The van der Waals surface area contributed by atoms with Crippen LogP contribution in [0.15, 0.2) is 30.3 Å². The van der Waals surface area contributed by atoms with Gasteiger partial charge in [-0.1, -0.05) is 43.6 Å². The molecule has 0 amide bonds. The van der Waals surface area contributed by atoms with Crippen LogP contribution in [-0.4, -0.2) is 4.98 Å². The molecule has 2 rings (SSSR count). The smallest absolute Gasteiger partial charge is 0.133 e. The van der Waals surface area contributed by atoms with E-state index in [0.717, 1.165) is 22.9 Å². The first-order valence-electron chi connectivity index (χ1n) is 5.27. The number of fused-ring (bicyclic) bond motifs is 1. The first-order chi connectivity index (χ1) is 7.22. The molecule has 0 radical (unpaired) electrons. The average Bonchev–Trinajstić information content (AvgIpc) is 2.27. The summed E-state index contributed by atoms with van der Waals surface area (Å²) in [4.78, 5) is 4.41. The summed E-state index contributed by atoms with van der Waals surface area (Å²) in [5.74, 6) is 0.467. The second-order valence-electron chi connectivity index (χ2n) is 3.87. The summed E-state index contributed by atoms with van der Waals surface area (Å²) < 4.78 is 0. The highest BCUT2D eigenvalue weighted by Crippen LogP contribution is 2.28. The maximum atomic E-state index is 6.17. The fraction of sp³-hybridized carbons (Fsp3) is 0.308. The van der Waals surface area contributed by atoms with Gasteiger partial charge < -0.3 is 0 Å². The summed E-state index contributed by atoms with van der Waals surface area (Å²) >= 11 is 6.17. The largest absolute Gasteiger partial charge is 0.236 e. The number of benzene rings is 1. The Bertz CT molecular complexity index is 479. The van der Waals surface area contributed by atoms with Gasteiger partial charge in [0.25, 0.3) is 0 Å². The molecule has 2 heteroatoms. The quantitative estimate of drug-likeness (QED) is 0.683. The van der Waals surface area contributed by atoms with E-state index < -0.39 is 0 Å². The van der Waals surface area contributed by atoms with Crippen LogP contribution in [0.3, 0.4) is 0 Å². The second-order valence-corrected chi connectivity index (χ2v) is 4.23. The number of rotatable bonds is 2. The van der Waals surface area contributed by atoms with Crippen molar-refractivity contribution in [3.8, 4) is 0 Å². The molecule has 1 nitrogen and oxygen atoms in total. The lowest BCUT2D eigenvalue weighted by Crippen LogP contribution is -1.95. The zero-order chi connectivity index (χ0) is 10.8. The van der Waals surface area contributed by atoms with Crippen molar-refractivity contribution >= 4 is 22.5 Å². The predicted molar refractivity (Wildman–Crippen MR) is 65.5 cm³/mol. The molecule has 0 bridgehead atoms. The van der Waals surface area contributed by atoms with E-state index in [-0.39, 0.29) is 0 Å². The molecule has 0 unspecified atom stereocenters. The van der Waals surface area contributed by atoms with E-state index in [1.54, 1.807) is 0 Å². The van der Waals surface area contributed by atoms with Crippen molar-refractivity contribution in [1.29, 1.82) is 0 Å².